The van der Waals surface area contributed by atoms with Crippen LogP contribution in [-0.2, 0) is 4.79 Å². The summed E-state index contributed by atoms with van der Waals surface area (Å²) in [4.78, 5) is 14.1. The molecule has 1 rings (SSSR count). The lowest BCUT2D eigenvalue weighted by molar-refractivity contribution is -0.146. The second-order valence-corrected chi connectivity index (χ2v) is 6.10. The Hall–Kier alpha value is -1.04. The molecule has 0 N–H and O–H groups in total. The van der Waals surface area contributed by atoms with E-state index in [1.165, 1.54) is 0 Å². The van der Waals surface area contributed by atoms with Gasteiger partial charge in [0.2, 0.25) is 5.91 Å². The molecule has 1 unspecified atom stereocenters. The minimum absolute atomic E-state index is 0.0197. The summed E-state index contributed by atoms with van der Waals surface area (Å²) in [6.07, 6.45) is 2.43. The SMILES string of the molecule is CC(C)CC(C)N(C)C(=O)C1(C#N)CC(C)C1. The molecule has 0 saturated heterocycles. The first-order chi connectivity index (χ1) is 7.82. The van der Waals surface area contributed by atoms with Crippen molar-refractivity contribution < 1.29 is 4.79 Å². The van der Waals surface area contributed by atoms with Crippen LogP contribution in [0.3, 0.4) is 0 Å². The van der Waals surface area contributed by atoms with E-state index in [0.717, 1.165) is 19.3 Å². The van der Waals surface area contributed by atoms with Crippen LogP contribution < -0.4 is 0 Å². The second-order valence-electron chi connectivity index (χ2n) is 6.10. The van der Waals surface area contributed by atoms with Gasteiger partial charge in [0.05, 0.1) is 6.07 Å². The summed E-state index contributed by atoms with van der Waals surface area (Å²) in [5.41, 5.74) is -0.723. The van der Waals surface area contributed by atoms with Crippen LogP contribution >= 0.6 is 0 Å². The summed E-state index contributed by atoms with van der Waals surface area (Å²) in [5.74, 6) is 1.09. The van der Waals surface area contributed by atoms with Crippen molar-refractivity contribution in [3.8, 4) is 6.07 Å². The first kappa shape index (κ1) is 14.0. The second kappa shape index (κ2) is 5.08. The number of rotatable bonds is 4. The van der Waals surface area contributed by atoms with Gasteiger partial charge < -0.3 is 4.90 Å². The zero-order chi connectivity index (χ0) is 13.2. The third-order valence-electron chi connectivity index (χ3n) is 3.81. The van der Waals surface area contributed by atoms with Gasteiger partial charge in [-0.05, 0) is 38.0 Å². The Balaban J connectivity index is 2.67. The fourth-order valence-corrected chi connectivity index (χ4v) is 2.82. The van der Waals surface area contributed by atoms with Crippen molar-refractivity contribution in [1.29, 1.82) is 5.26 Å². The van der Waals surface area contributed by atoms with E-state index in [1.54, 1.807) is 4.90 Å². The van der Waals surface area contributed by atoms with E-state index in [0.29, 0.717) is 11.8 Å². The topological polar surface area (TPSA) is 44.1 Å². The summed E-state index contributed by atoms with van der Waals surface area (Å²) in [6, 6.07) is 2.45. The van der Waals surface area contributed by atoms with E-state index in [2.05, 4.69) is 33.8 Å². The maximum Gasteiger partial charge on any atom is 0.243 e. The number of carbonyl (C=O) groups excluding carboxylic acids is 1. The van der Waals surface area contributed by atoms with E-state index in [1.807, 2.05) is 7.05 Å². The Bertz CT molecular complexity index is 324. The molecule has 17 heavy (non-hydrogen) atoms. The number of carbonyl (C=O) groups is 1. The number of nitrogens with zero attached hydrogens (tertiary/aromatic N) is 2. The van der Waals surface area contributed by atoms with Crippen molar-refractivity contribution in [3.63, 3.8) is 0 Å². The minimum atomic E-state index is -0.723. The van der Waals surface area contributed by atoms with E-state index in [-0.39, 0.29) is 11.9 Å². The maximum absolute atomic E-state index is 12.4. The average molecular weight is 236 g/mol. The fourth-order valence-electron chi connectivity index (χ4n) is 2.82. The van der Waals surface area contributed by atoms with Crippen molar-refractivity contribution in [2.24, 2.45) is 17.3 Å². The van der Waals surface area contributed by atoms with Crippen LogP contribution in [0.15, 0.2) is 0 Å². The Morgan fingerprint density at radius 2 is 2.00 bits per heavy atom. The summed E-state index contributed by atoms with van der Waals surface area (Å²) < 4.78 is 0. The first-order valence-corrected chi connectivity index (χ1v) is 6.51. The van der Waals surface area contributed by atoms with E-state index >= 15 is 0 Å². The Morgan fingerprint density at radius 3 is 2.35 bits per heavy atom. The Kier molecular flexibility index (Phi) is 4.19. The van der Waals surface area contributed by atoms with Gasteiger partial charge >= 0.3 is 0 Å². The van der Waals surface area contributed by atoms with Gasteiger partial charge in [0.25, 0.3) is 0 Å². The van der Waals surface area contributed by atoms with Crippen LogP contribution in [0.5, 0.6) is 0 Å². The lowest BCUT2D eigenvalue weighted by Crippen LogP contribution is -2.51. The quantitative estimate of drug-likeness (QED) is 0.753. The molecule has 0 bridgehead atoms. The lowest BCUT2D eigenvalue weighted by atomic mass is 9.62. The molecule has 0 spiro atoms. The molecule has 0 aromatic rings. The predicted octanol–water partition coefficient (Wildman–Crippen LogP) is 2.82. The normalized spacial score (nSPS) is 29.4. The summed E-state index contributed by atoms with van der Waals surface area (Å²) >= 11 is 0. The highest BCUT2D eigenvalue weighted by atomic mass is 16.2. The molecular weight excluding hydrogens is 212 g/mol. The van der Waals surface area contributed by atoms with Gasteiger partial charge in [0.1, 0.15) is 5.41 Å². The number of amides is 1. The first-order valence-electron chi connectivity index (χ1n) is 6.51. The van der Waals surface area contributed by atoms with Crippen LogP contribution in [-0.4, -0.2) is 23.9 Å². The average Bonchev–Trinajstić information content (AvgIpc) is 2.21. The molecule has 1 atom stereocenters. The van der Waals surface area contributed by atoms with Gasteiger partial charge in [0.15, 0.2) is 0 Å². The summed E-state index contributed by atoms with van der Waals surface area (Å²) in [5, 5.41) is 9.24. The third-order valence-corrected chi connectivity index (χ3v) is 3.81. The zero-order valence-corrected chi connectivity index (χ0v) is 11.7. The van der Waals surface area contributed by atoms with Crippen molar-refractivity contribution in [3.05, 3.63) is 0 Å². The van der Waals surface area contributed by atoms with Crippen LogP contribution in [0.25, 0.3) is 0 Å². The molecule has 0 aliphatic heterocycles. The zero-order valence-electron chi connectivity index (χ0n) is 11.7. The highest BCUT2D eigenvalue weighted by molar-refractivity contribution is 5.86. The molecule has 0 radical (unpaired) electrons. The molecule has 0 aromatic heterocycles. The van der Waals surface area contributed by atoms with Gasteiger partial charge in [-0.3, -0.25) is 4.79 Å². The van der Waals surface area contributed by atoms with E-state index in [4.69, 9.17) is 0 Å². The standard InChI is InChI=1S/C14H24N2O/c1-10(2)6-12(4)16(5)13(17)14(9-15)7-11(3)8-14/h10-12H,6-8H2,1-5H3. The summed E-state index contributed by atoms with van der Waals surface area (Å²) in [7, 11) is 1.83. The van der Waals surface area contributed by atoms with Gasteiger partial charge in [0, 0.05) is 13.1 Å². The van der Waals surface area contributed by atoms with Crippen molar-refractivity contribution >= 4 is 5.91 Å². The molecule has 96 valence electrons. The van der Waals surface area contributed by atoms with Gasteiger partial charge in [-0.25, -0.2) is 0 Å². The Labute approximate surface area is 105 Å². The van der Waals surface area contributed by atoms with Crippen molar-refractivity contribution in [2.45, 2.75) is 53.0 Å². The highest BCUT2D eigenvalue weighted by Gasteiger charge is 2.50. The minimum Gasteiger partial charge on any atom is -0.342 e. The van der Waals surface area contributed by atoms with Gasteiger partial charge in [-0.1, -0.05) is 20.8 Å². The largest absolute Gasteiger partial charge is 0.342 e. The molecule has 1 aliphatic carbocycles. The Morgan fingerprint density at radius 1 is 1.47 bits per heavy atom. The summed E-state index contributed by atoms with van der Waals surface area (Å²) in [6.45, 7) is 8.46. The molecule has 1 aliphatic rings. The monoisotopic (exact) mass is 236 g/mol. The molecule has 1 fully saturated rings. The smallest absolute Gasteiger partial charge is 0.243 e. The van der Waals surface area contributed by atoms with Crippen LogP contribution in [0, 0.1) is 28.6 Å². The van der Waals surface area contributed by atoms with Gasteiger partial charge in [-0.15, -0.1) is 0 Å². The molecule has 1 saturated carbocycles. The van der Waals surface area contributed by atoms with Crippen LogP contribution in [0.4, 0.5) is 0 Å². The molecule has 3 heteroatoms. The van der Waals surface area contributed by atoms with E-state index in [9.17, 15) is 10.1 Å². The molecular formula is C14H24N2O. The van der Waals surface area contributed by atoms with E-state index < -0.39 is 5.41 Å². The number of nitriles is 1. The van der Waals surface area contributed by atoms with Crippen molar-refractivity contribution in [1.82, 2.24) is 4.90 Å². The van der Waals surface area contributed by atoms with Crippen LogP contribution in [0.2, 0.25) is 0 Å². The fraction of sp³-hybridized carbons (Fsp3) is 0.857. The molecule has 0 aromatic carbocycles. The van der Waals surface area contributed by atoms with Gasteiger partial charge in [-0.2, -0.15) is 5.26 Å². The predicted molar refractivity (Wildman–Crippen MR) is 68.1 cm³/mol. The third kappa shape index (κ3) is 2.80. The molecule has 1 amide bonds. The number of hydrogen-bond donors (Lipinski definition) is 0. The molecule has 3 nitrogen and oxygen atoms in total. The lowest BCUT2D eigenvalue weighted by Gasteiger charge is -2.43. The maximum atomic E-state index is 12.4. The highest BCUT2D eigenvalue weighted by Crippen LogP contribution is 2.46. The van der Waals surface area contributed by atoms with Crippen LogP contribution in [0.1, 0.15) is 47.0 Å². The van der Waals surface area contributed by atoms with Crippen molar-refractivity contribution in [2.75, 3.05) is 7.05 Å². The molecule has 0 heterocycles. The number of hydrogen-bond acceptors (Lipinski definition) is 2.